The summed E-state index contributed by atoms with van der Waals surface area (Å²) in [6.45, 7) is 0. The molecule has 0 saturated carbocycles. The first-order chi connectivity index (χ1) is 41.6. The number of nitrogens with zero attached hydrogens (tertiary/aromatic N) is 12. The average Bonchev–Trinajstić information content (AvgIpc) is 1.08. The summed E-state index contributed by atoms with van der Waals surface area (Å²) < 4.78 is 207. The fourth-order valence-corrected chi connectivity index (χ4v) is 11.3. The van der Waals surface area contributed by atoms with E-state index in [1.165, 1.54) is 79.8 Å². The van der Waals surface area contributed by atoms with Crippen molar-refractivity contribution in [3.05, 3.63) is 146 Å². The third-order valence-corrected chi connectivity index (χ3v) is 17.1. The van der Waals surface area contributed by atoms with Crippen molar-refractivity contribution in [2.45, 2.75) is 29.4 Å². The molecule has 34 nitrogen and oxygen atoms in total. The van der Waals surface area contributed by atoms with Gasteiger partial charge < -0.3 is 22.5 Å². The molecule has 8 aromatic carbocycles. The molecular weight excluding hydrogens is 1290 g/mol. The van der Waals surface area contributed by atoms with Gasteiger partial charge in [-0.15, -0.1) is 20.5 Å². The molecule has 0 spiro atoms. The molecule has 0 atom stereocenters. The van der Waals surface area contributed by atoms with Crippen molar-refractivity contribution in [3.8, 4) is 11.1 Å². The highest BCUT2D eigenvalue weighted by Gasteiger charge is 2.27. The van der Waals surface area contributed by atoms with Crippen LogP contribution in [0.5, 0.6) is 0 Å². The van der Waals surface area contributed by atoms with Crippen molar-refractivity contribution in [2.24, 2.45) is 61.4 Å². The Balaban J connectivity index is 1.07. The number of azo groups is 6. The van der Waals surface area contributed by atoms with Gasteiger partial charge in [0.1, 0.15) is 42.3 Å². The summed E-state index contributed by atoms with van der Waals surface area (Å²) in [7, 11) is -28.5. The molecule has 0 amide bonds. The summed E-state index contributed by atoms with van der Waals surface area (Å²) in [6.07, 6.45) is 0. The fraction of sp³-hybridized carbons (Fsp3) is 0.0204. The van der Waals surface area contributed by atoms with Crippen LogP contribution in [0.15, 0.2) is 236 Å². The third-order valence-electron chi connectivity index (χ3n) is 11.8. The Kier molecular flexibility index (Phi) is 18.5. The second kappa shape index (κ2) is 25.4. The Morgan fingerprint density at radius 3 is 0.888 bits per heavy atom. The van der Waals surface area contributed by atoms with Crippen LogP contribution in [0.25, 0.3) is 11.1 Å². The van der Waals surface area contributed by atoms with Crippen LogP contribution in [0.3, 0.4) is 0 Å². The van der Waals surface area contributed by atoms with Crippen LogP contribution in [0.2, 0.25) is 0 Å². The molecule has 0 aromatic heterocycles. The van der Waals surface area contributed by atoms with E-state index in [0.29, 0.717) is 23.9 Å². The number of nitrogens with one attached hydrogen (secondary N) is 1. The van der Waals surface area contributed by atoms with E-state index in [2.05, 4.69) is 66.7 Å². The number of anilines is 4. The van der Waals surface area contributed by atoms with Crippen molar-refractivity contribution in [1.29, 1.82) is 0 Å². The van der Waals surface area contributed by atoms with Gasteiger partial charge >= 0.3 is 0 Å². The molecule has 0 aliphatic rings. The maximum atomic E-state index is 13.0. The van der Waals surface area contributed by atoms with Crippen molar-refractivity contribution in [1.82, 2.24) is 0 Å². The van der Waals surface area contributed by atoms with Crippen LogP contribution in [0, 0.1) is 0 Å². The molecule has 0 aliphatic heterocycles. The summed E-state index contributed by atoms with van der Waals surface area (Å²) in [5.74, 6) is 0. The lowest BCUT2D eigenvalue weighted by molar-refractivity contribution is 0.480. The van der Waals surface area contributed by atoms with E-state index >= 15 is 0 Å². The van der Waals surface area contributed by atoms with Crippen molar-refractivity contribution >= 4 is 152 Å². The minimum absolute atomic E-state index is 0.114. The Labute approximate surface area is 503 Å². The molecule has 0 radical (unpaired) electrons. The quantitative estimate of drug-likeness (QED) is 0.0192. The van der Waals surface area contributed by atoms with Gasteiger partial charge in [-0.3, -0.25) is 27.3 Å². The number of nitrogens with two attached hydrogens (primary N) is 3. The van der Waals surface area contributed by atoms with E-state index < -0.39 is 143 Å². The van der Waals surface area contributed by atoms with Gasteiger partial charge in [0.2, 0.25) is 0 Å². The summed E-state index contributed by atoms with van der Waals surface area (Å²) >= 11 is 0. The first-order valence-corrected chi connectivity index (χ1v) is 32.6. The van der Waals surface area contributed by atoms with E-state index in [1.54, 1.807) is 0 Å². The zero-order chi connectivity index (χ0) is 65.0. The molecule has 0 saturated heterocycles. The minimum atomic E-state index is -5.35. The number of rotatable bonds is 20. The highest BCUT2D eigenvalue weighted by molar-refractivity contribution is 7.87. The van der Waals surface area contributed by atoms with E-state index in [4.69, 9.17) is 17.2 Å². The maximum Gasteiger partial charge on any atom is 0.296 e. The van der Waals surface area contributed by atoms with Crippen molar-refractivity contribution in [3.63, 3.8) is 0 Å². The van der Waals surface area contributed by atoms with Crippen LogP contribution < -0.4 is 22.5 Å². The third kappa shape index (κ3) is 16.0. The highest BCUT2D eigenvalue weighted by Crippen LogP contribution is 2.47. The highest BCUT2D eigenvalue weighted by atomic mass is 32.2. The van der Waals surface area contributed by atoms with Crippen LogP contribution in [-0.4, -0.2) is 84.9 Å². The second-order valence-corrected chi connectivity index (χ2v) is 26.2. The lowest BCUT2D eigenvalue weighted by atomic mass is 10.0. The molecular formula is C49H40N16O18S6. The first-order valence-electron chi connectivity index (χ1n) is 24.0. The second-order valence-electron chi connectivity index (χ2n) is 17.8. The fourth-order valence-electron chi connectivity index (χ4n) is 7.59. The van der Waals surface area contributed by atoms with Crippen LogP contribution in [0.1, 0.15) is 0 Å². The topological polar surface area (TPSA) is 565 Å². The van der Waals surface area contributed by atoms with Crippen LogP contribution in [0.4, 0.5) is 91.0 Å². The van der Waals surface area contributed by atoms with E-state index in [-0.39, 0.29) is 43.9 Å². The van der Waals surface area contributed by atoms with Crippen LogP contribution in [-0.2, 0) is 60.7 Å². The molecule has 0 unspecified atom stereocenters. The molecule has 8 aromatic rings. The molecule has 13 N–H and O–H groups in total. The normalized spacial score (nSPS) is 13.1. The minimum Gasteiger partial charge on any atom is -0.396 e. The summed E-state index contributed by atoms with van der Waals surface area (Å²) in [5, 5.41) is 50.6. The molecule has 89 heavy (non-hydrogen) atoms. The van der Waals surface area contributed by atoms with Gasteiger partial charge in [0.05, 0.1) is 78.0 Å². The Hall–Kier alpha value is -9.98. The maximum absolute atomic E-state index is 13.0. The summed E-state index contributed by atoms with van der Waals surface area (Å²) in [5.41, 5.74) is 14.1. The van der Waals surface area contributed by atoms with Gasteiger partial charge in [-0.1, -0.05) is 12.1 Å². The lowest BCUT2D eigenvalue weighted by Crippen LogP contribution is -2.05. The monoisotopic (exact) mass is 1330 g/mol. The molecule has 0 bridgehead atoms. The van der Waals surface area contributed by atoms with Crippen molar-refractivity contribution < 1.29 is 77.8 Å². The Morgan fingerprint density at radius 2 is 0.562 bits per heavy atom. The van der Waals surface area contributed by atoms with Gasteiger partial charge in [-0.2, -0.15) is 91.4 Å². The van der Waals surface area contributed by atoms with Gasteiger partial charge in [0, 0.05) is 18.2 Å². The Bertz CT molecular complexity index is 5060. The molecule has 0 heterocycles. The van der Waals surface area contributed by atoms with Gasteiger partial charge in [-0.25, -0.2) is 0 Å². The molecule has 8 rings (SSSR count). The van der Waals surface area contributed by atoms with Gasteiger partial charge in [0.25, 0.3) is 60.7 Å². The zero-order valence-corrected chi connectivity index (χ0v) is 49.4. The lowest BCUT2D eigenvalue weighted by Gasteiger charge is -2.13. The average molecular weight is 1330 g/mol. The Morgan fingerprint density at radius 1 is 0.292 bits per heavy atom. The molecule has 0 aliphatic carbocycles. The number of benzene rings is 8. The summed E-state index contributed by atoms with van der Waals surface area (Å²) in [6, 6.07) is 27.9. The molecule has 460 valence electrons. The number of hydrogen-bond acceptors (Lipinski definition) is 28. The smallest absolute Gasteiger partial charge is 0.296 e. The largest absolute Gasteiger partial charge is 0.396 e. The first kappa shape index (κ1) is 65.0. The molecule has 0 fully saturated rings. The number of hydrogen-bond donors (Lipinski definition) is 10. The van der Waals surface area contributed by atoms with E-state index in [9.17, 15) is 77.8 Å². The van der Waals surface area contributed by atoms with E-state index in [0.717, 1.165) is 54.6 Å². The number of nitrogen functional groups attached to an aromatic ring is 3. The standard InChI is InChI=1S/C49H40N16O18S6/c1-53-47-39(25-43(89(81,82)83)46(52)49(47)65-59-29-8-4-27(5-9-29)55-57-31-12-18-35(19-13-31)85(69,70)71)63-61-33-15-21-37(41(23-33)87(75,76)77)36-20-14-32(22-40(36)86(72,73)74)60-62-38-24-42(88(78,79)80)45(51)48(44(38)50)64-58-28-6-2-26(3-7-28)54-56-30-10-16-34(17-11-30)84(66,67)68/h2-25,53H,50-52H2,1H3,(H,66,67,68)(H,69,70,71)(H,72,73,74)(H,75,76,77)(H,78,79,80)(H,81,82,83)/b56-54?,57-55?,62-60?,63-61-,64-58+,65-59+. The van der Waals surface area contributed by atoms with Crippen LogP contribution >= 0.6 is 0 Å². The van der Waals surface area contributed by atoms with E-state index in [1.807, 2.05) is 0 Å². The molecule has 40 heteroatoms. The summed E-state index contributed by atoms with van der Waals surface area (Å²) in [4.78, 5) is -4.64. The SMILES string of the molecule is CNc1c(/N=N\c2ccc(-c3ccc(N=Nc4cc(S(=O)(=O)O)c(N)c(/N=N/c5ccc(N=Nc6ccc(S(=O)(=O)O)cc6)cc5)c4N)cc3S(=O)(=O)O)c(S(=O)(=O)O)c2)cc(S(=O)(=O)O)c(N)c1/N=N/c1ccc(N=Nc2ccc(S(=O)(=O)O)cc2)cc1. The van der Waals surface area contributed by atoms with Gasteiger partial charge in [-0.05, 0) is 133 Å². The van der Waals surface area contributed by atoms with Gasteiger partial charge in [0.15, 0.2) is 0 Å². The predicted molar refractivity (Wildman–Crippen MR) is 317 cm³/mol. The zero-order valence-electron chi connectivity index (χ0n) is 44.5. The predicted octanol–water partition coefficient (Wildman–Crippen LogP) is 12.1. The van der Waals surface area contributed by atoms with Crippen molar-refractivity contribution in [2.75, 3.05) is 29.6 Å².